The first kappa shape index (κ1) is 20.7. The SMILES string of the molecule is CCSc1cc(N2Cc3ccc(F)cc3C2)cc(C)c1NC(=O)CC(C)(C)C. The zero-order valence-corrected chi connectivity index (χ0v) is 18.2. The van der Waals surface area contributed by atoms with Crippen LogP contribution in [0.25, 0.3) is 0 Å². The fourth-order valence-electron chi connectivity index (χ4n) is 3.56. The standard InChI is InChI=1S/C23H29FN2OS/c1-6-28-20-11-19(26-13-16-7-8-18(24)10-17(16)14-26)9-15(2)22(20)25-21(27)12-23(3,4)5/h7-11H,6,12-14H2,1-5H3,(H,25,27). The second-order valence-corrected chi connectivity index (χ2v) is 9.93. The molecular formula is C23H29FN2OS. The molecule has 0 bridgehead atoms. The van der Waals surface area contributed by atoms with Crippen LogP contribution in [0.5, 0.6) is 0 Å². The molecule has 0 unspecified atom stereocenters. The molecule has 5 heteroatoms. The highest BCUT2D eigenvalue weighted by Crippen LogP contribution is 2.38. The zero-order valence-electron chi connectivity index (χ0n) is 17.4. The van der Waals surface area contributed by atoms with Crippen LogP contribution in [0.2, 0.25) is 0 Å². The Morgan fingerprint density at radius 2 is 1.89 bits per heavy atom. The van der Waals surface area contributed by atoms with Crippen molar-refractivity contribution in [1.29, 1.82) is 0 Å². The summed E-state index contributed by atoms with van der Waals surface area (Å²) in [5.74, 6) is 0.789. The Morgan fingerprint density at radius 1 is 1.18 bits per heavy atom. The number of thioether (sulfide) groups is 1. The van der Waals surface area contributed by atoms with E-state index in [0.29, 0.717) is 13.0 Å². The van der Waals surface area contributed by atoms with Crippen molar-refractivity contribution in [1.82, 2.24) is 0 Å². The van der Waals surface area contributed by atoms with Gasteiger partial charge in [0, 0.05) is 30.1 Å². The van der Waals surface area contributed by atoms with Crippen LogP contribution in [0.4, 0.5) is 15.8 Å². The summed E-state index contributed by atoms with van der Waals surface area (Å²) < 4.78 is 13.5. The molecule has 3 rings (SSSR count). The van der Waals surface area contributed by atoms with Gasteiger partial charge in [0.05, 0.1) is 5.69 Å². The first-order valence-electron chi connectivity index (χ1n) is 9.76. The number of benzene rings is 2. The second-order valence-electron chi connectivity index (χ2n) is 8.62. The van der Waals surface area contributed by atoms with Gasteiger partial charge in [-0.25, -0.2) is 4.39 Å². The Morgan fingerprint density at radius 3 is 2.57 bits per heavy atom. The molecular weight excluding hydrogens is 371 g/mol. The molecule has 1 aliphatic heterocycles. The smallest absolute Gasteiger partial charge is 0.224 e. The Bertz CT molecular complexity index is 889. The molecule has 0 atom stereocenters. The van der Waals surface area contributed by atoms with E-state index in [4.69, 9.17) is 0 Å². The van der Waals surface area contributed by atoms with Crippen LogP contribution in [0, 0.1) is 18.2 Å². The number of amides is 1. The highest BCUT2D eigenvalue weighted by molar-refractivity contribution is 7.99. The van der Waals surface area contributed by atoms with Crippen LogP contribution in [0.15, 0.2) is 35.2 Å². The molecule has 2 aromatic rings. The highest BCUT2D eigenvalue weighted by atomic mass is 32.2. The summed E-state index contributed by atoms with van der Waals surface area (Å²) in [5, 5.41) is 3.13. The highest BCUT2D eigenvalue weighted by Gasteiger charge is 2.22. The molecule has 0 radical (unpaired) electrons. The topological polar surface area (TPSA) is 32.3 Å². The van der Waals surface area contributed by atoms with Gasteiger partial charge in [0.2, 0.25) is 5.91 Å². The molecule has 1 aliphatic rings. The van der Waals surface area contributed by atoms with Crippen LogP contribution in [0.1, 0.15) is 50.8 Å². The van der Waals surface area contributed by atoms with E-state index in [1.54, 1.807) is 17.8 Å². The van der Waals surface area contributed by atoms with E-state index in [2.05, 4.69) is 50.0 Å². The van der Waals surface area contributed by atoms with Gasteiger partial charge in [0.15, 0.2) is 0 Å². The lowest BCUT2D eigenvalue weighted by Crippen LogP contribution is -2.21. The molecule has 0 spiro atoms. The lowest BCUT2D eigenvalue weighted by molar-refractivity contribution is -0.117. The molecule has 1 amide bonds. The first-order valence-corrected chi connectivity index (χ1v) is 10.7. The number of carbonyl (C=O) groups is 1. The maximum Gasteiger partial charge on any atom is 0.224 e. The van der Waals surface area contributed by atoms with Crippen molar-refractivity contribution < 1.29 is 9.18 Å². The number of hydrogen-bond acceptors (Lipinski definition) is 3. The van der Waals surface area contributed by atoms with Gasteiger partial charge in [-0.15, -0.1) is 11.8 Å². The number of halogens is 1. The monoisotopic (exact) mass is 400 g/mol. The van der Waals surface area contributed by atoms with Gasteiger partial charge in [0.1, 0.15) is 5.82 Å². The van der Waals surface area contributed by atoms with E-state index in [-0.39, 0.29) is 17.1 Å². The summed E-state index contributed by atoms with van der Waals surface area (Å²) in [5.41, 5.74) is 5.24. The summed E-state index contributed by atoms with van der Waals surface area (Å²) in [4.78, 5) is 15.8. The van der Waals surface area contributed by atoms with Gasteiger partial charge in [-0.1, -0.05) is 33.8 Å². The normalized spacial score (nSPS) is 13.6. The molecule has 0 fully saturated rings. The third kappa shape index (κ3) is 4.88. The van der Waals surface area contributed by atoms with Gasteiger partial charge in [0.25, 0.3) is 0 Å². The molecule has 0 aromatic heterocycles. The predicted molar refractivity (Wildman–Crippen MR) is 117 cm³/mol. The minimum absolute atomic E-state index is 0.0466. The maximum absolute atomic E-state index is 13.5. The Balaban J connectivity index is 1.86. The molecule has 0 saturated carbocycles. The van der Waals surface area contributed by atoms with Gasteiger partial charge in [-0.3, -0.25) is 4.79 Å². The summed E-state index contributed by atoms with van der Waals surface area (Å²) in [7, 11) is 0. The van der Waals surface area contributed by atoms with Crippen molar-refractivity contribution in [3.63, 3.8) is 0 Å². The molecule has 2 aromatic carbocycles. The quantitative estimate of drug-likeness (QED) is 0.612. The summed E-state index contributed by atoms with van der Waals surface area (Å²) in [6.07, 6.45) is 0.484. The zero-order chi connectivity index (χ0) is 20.5. The van der Waals surface area contributed by atoms with Crippen molar-refractivity contribution in [2.45, 2.75) is 59.0 Å². The lowest BCUT2D eigenvalue weighted by Gasteiger charge is -2.23. The third-order valence-corrected chi connectivity index (χ3v) is 5.72. The van der Waals surface area contributed by atoms with E-state index >= 15 is 0 Å². The first-order chi connectivity index (χ1) is 13.2. The van der Waals surface area contributed by atoms with Crippen LogP contribution in [-0.2, 0) is 17.9 Å². The number of anilines is 2. The van der Waals surface area contributed by atoms with E-state index < -0.39 is 0 Å². The molecule has 150 valence electrons. The minimum atomic E-state index is -0.184. The van der Waals surface area contributed by atoms with Crippen molar-refractivity contribution in [3.05, 3.63) is 52.8 Å². The van der Waals surface area contributed by atoms with Crippen LogP contribution in [0.3, 0.4) is 0 Å². The number of rotatable bonds is 5. The summed E-state index contributed by atoms with van der Waals surface area (Å²) >= 11 is 1.73. The van der Waals surface area contributed by atoms with Gasteiger partial charge in [-0.05, 0) is 59.0 Å². The Hall–Kier alpha value is -2.01. The van der Waals surface area contributed by atoms with E-state index in [1.807, 2.05) is 13.0 Å². The number of fused-ring (bicyclic) bond motifs is 1. The maximum atomic E-state index is 13.5. The lowest BCUT2D eigenvalue weighted by atomic mass is 9.92. The van der Waals surface area contributed by atoms with Crippen LogP contribution < -0.4 is 10.2 Å². The third-order valence-electron chi connectivity index (χ3n) is 4.80. The average Bonchev–Trinajstić information content (AvgIpc) is 2.99. The summed E-state index contributed by atoms with van der Waals surface area (Å²) in [6.45, 7) is 11.8. The number of hydrogen-bond donors (Lipinski definition) is 1. The average molecular weight is 401 g/mol. The predicted octanol–water partition coefficient (Wildman–Crippen LogP) is 6.14. The van der Waals surface area contributed by atoms with Crippen molar-refractivity contribution in [3.8, 4) is 0 Å². The Labute approximate surface area is 171 Å². The Kier molecular flexibility index (Phi) is 6.04. The van der Waals surface area contributed by atoms with E-state index in [1.165, 1.54) is 11.6 Å². The fourth-order valence-corrected chi connectivity index (χ4v) is 4.43. The van der Waals surface area contributed by atoms with E-state index in [0.717, 1.165) is 39.7 Å². The molecule has 28 heavy (non-hydrogen) atoms. The number of aryl methyl sites for hydroxylation is 1. The largest absolute Gasteiger partial charge is 0.363 e. The van der Waals surface area contributed by atoms with Crippen molar-refractivity contribution >= 4 is 29.0 Å². The molecule has 0 aliphatic carbocycles. The molecule has 1 N–H and O–H groups in total. The molecule has 1 heterocycles. The fraction of sp³-hybridized carbons (Fsp3) is 0.435. The number of carbonyl (C=O) groups excluding carboxylic acids is 1. The van der Waals surface area contributed by atoms with Gasteiger partial charge < -0.3 is 10.2 Å². The summed E-state index contributed by atoms with van der Waals surface area (Å²) in [6, 6.07) is 9.30. The van der Waals surface area contributed by atoms with Crippen molar-refractivity contribution in [2.24, 2.45) is 5.41 Å². The van der Waals surface area contributed by atoms with Crippen LogP contribution in [-0.4, -0.2) is 11.7 Å². The number of nitrogens with one attached hydrogen (secondary N) is 1. The number of nitrogens with zero attached hydrogens (tertiary/aromatic N) is 1. The molecule has 0 saturated heterocycles. The van der Waals surface area contributed by atoms with Crippen LogP contribution >= 0.6 is 11.8 Å². The van der Waals surface area contributed by atoms with E-state index in [9.17, 15) is 9.18 Å². The van der Waals surface area contributed by atoms with Crippen molar-refractivity contribution in [2.75, 3.05) is 16.0 Å². The molecule has 3 nitrogen and oxygen atoms in total. The minimum Gasteiger partial charge on any atom is -0.363 e. The van der Waals surface area contributed by atoms with Gasteiger partial charge in [-0.2, -0.15) is 0 Å². The second kappa shape index (κ2) is 8.16. The van der Waals surface area contributed by atoms with Gasteiger partial charge >= 0.3 is 0 Å².